The highest BCUT2D eigenvalue weighted by Crippen LogP contribution is 2.36. The van der Waals surface area contributed by atoms with Crippen LogP contribution in [0.1, 0.15) is 51.6 Å². The van der Waals surface area contributed by atoms with Gasteiger partial charge in [-0.05, 0) is 79.4 Å². The van der Waals surface area contributed by atoms with Crippen LogP contribution in [0, 0.1) is 17.2 Å². The van der Waals surface area contributed by atoms with E-state index in [0.717, 1.165) is 31.5 Å². The number of H-pyrrole nitrogens is 1. The minimum absolute atomic E-state index is 0. The highest BCUT2D eigenvalue weighted by Gasteiger charge is 2.37. The van der Waals surface area contributed by atoms with E-state index in [9.17, 15) is 14.9 Å². The number of pyridine rings is 1. The number of esters is 1. The molecule has 51 heavy (non-hydrogen) atoms. The van der Waals surface area contributed by atoms with Crippen molar-refractivity contribution >= 4 is 41.0 Å². The molecule has 2 bridgehead atoms. The number of nitrogens with zero attached hydrogens (tertiary/aromatic N) is 3. The Morgan fingerprint density at radius 2 is 1.67 bits per heavy atom. The van der Waals surface area contributed by atoms with Crippen molar-refractivity contribution in [1.29, 1.82) is 5.26 Å². The van der Waals surface area contributed by atoms with Crippen LogP contribution in [0.15, 0.2) is 79.1 Å². The topological polar surface area (TPSA) is 145 Å². The maximum Gasteiger partial charge on any atom is 0.414 e. The van der Waals surface area contributed by atoms with Crippen molar-refractivity contribution in [2.75, 3.05) is 38.8 Å². The molecule has 0 aliphatic carbocycles. The molecule has 3 aliphatic heterocycles. The van der Waals surface area contributed by atoms with Gasteiger partial charge in [0.2, 0.25) is 0 Å². The van der Waals surface area contributed by atoms with E-state index in [1.54, 1.807) is 86.2 Å². The van der Waals surface area contributed by atoms with Crippen LogP contribution in [-0.2, 0) is 22.4 Å². The van der Waals surface area contributed by atoms with E-state index >= 15 is 0 Å². The van der Waals surface area contributed by atoms with Crippen LogP contribution in [0.25, 0.3) is 0 Å². The van der Waals surface area contributed by atoms with Gasteiger partial charge in [-0.3, -0.25) is 9.80 Å². The standard InChI is InChI=1S/C38H36Cl2N4O6.H2O/c1-47-33-12-11-27(17-35(33)48-2)34(18-29-30(39)20-42-21-31(29)40)49-37(45)26-9-7-24(8-10-26)22-44(32-6-4-3-5-28(32)19-41)38(46)50-36-23-43-15-13-25(36)14-16-43;/h3-12,17,20-21,25,34,36H,13-16,18,22-23H2,1-2H3;1H2/t34-,36-;/m0./s1. The predicted molar refractivity (Wildman–Crippen MR) is 190 cm³/mol. The summed E-state index contributed by atoms with van der Waals surface area (Å²) in [5.41, 5.74) is 3.11. The summed E-state index contributed by atoms with van der Waals surface area (Å²) in [6, 6.07) is 21.2. The second-order valence-corrected chi connectivity index (χ2v) is 13.1. The Labute approximate surface area is 306 Å². The molecule has 7 rings (SSSR count). The molecule has 3 saturated heterocycles. The molecule has 4 aromatic rings. The number of piperidine rings is 3. The summed E-state index contributed by atoms with van der Waals surface area (Å²) in [6.45, 7) is 2.89. The Morgan fingerprint density at radius 3 is 2.29 bits per heavy atom. The Bertz CT molecular complexity index is 1870. The monoisotopic (exact) mass is 732 g/mol. The van der Waals surface area contributed by atoms with Gasteiger partial charge in [-0.25, -0.2) is 14.6 Å². The van der Waals surface area contributed by atoms with Gasteiger partial charge in [-0.15, -0.1) is 0 Å². The summed E-state index contributed by atoms with van der Waals surface area (Å²) in [7, 11) is 3.07. The first-order valence-corrected chi connectivity index (χ1v) is 17.1. The third-order valence-corrected chi connectivity index (χ3v) is 10.0. The van der Waals surface area contributed by atoms with Gasteiger partial charge in [0.25, 0.3) is 0 Å². The van der Waals surface area contributed by atoms with Gasteiger partial charge in [0, 0.05) is 18.5 Å². The number of para-hydroxylation sites is 1. The zero-order valence-electron chi connectivity index (χ0n) is 28.2. The second kappa shape index (κ2) is 16.9. The first-order valence-electron chi connectivity index (χ1n) is 16.3. The largest absolute Gasteiger partial charge is 0.870 e. The molecule has 1 aromatic heterocycles. The van der Waals surface area contributed by atoms with E-state index in [4.69, 9.17) is 42.1 Å². The first kappa shape index (κ1) is 37.4. The molecule has 0 unspecified atom stereocenters. The van der Waals surface area contributed by atoms with E-state index in [1.165, 1.54) is 12.0 Å². The third-order valence-electron chi connectivity index (χ3n) is 9.33. The van der Waals surface area contributed by atoms with Gasteiger partial charge in [0.1, 0.15) is 28.3 Å². The highest BCUT2D eigenvalue weighted by molar-refractivity contribution is 6.35. The van der Waals surface area contributed by atoms with Crippen molar-refractivity contribution in [3.63, 3.8) is 0 Å². The van der Waals surface area contributed by atoms with Gasteiger partial charge in [-0.2, -0.15) is 5.26 Å². The van der Waals surface area contributed by atoms with Gasteiger partial charge in [-0.1, -0.05) is 53.5 Å². The number of benzene rings is 3. The number of aromatic nitrogens is 1. The lowest BCUT2D eigenvalue weighted by Gasteiger charge is -2.44. The average Bonchev–Trinajstić information content (AvgIpc) is 3.15. The number of fused-ring (bicyclic) bond motifs is 3. The SMILES string of the molecule is COc1ccc([C@H](Cc2c(Cl)c[nH+]cc2Cl)OC(=O)c2ccc(CN(C(=O)O[C@H]3CN4CCC3CC4)c3ccccc3C#N)cc2)cc1OC.[OH-]. The zero-order valence-corrected chi connectivity index (χ0v) is 29.7. The fourth-order valence-corrected chi connectivity index (χ4v) is 7.08. The quantitative estimate of drug-likeness (QED) is 0.150. The third kappa shape index (κ3) is 8.55. The summed E-state index contributed by atoms with van der Waals surface area (Å²) in [6.07, 6.45) is 3.93. The predicted octanol–water partition coefficient (Wildman–Crippen LogP) is 6.90. The molecule has 0 spiro atoms. The van der Waals surface area contributed by atoms with Crippen LogP contribution in [0.5, 0.6) is 11.5 Å². The minimum Gasteiger partial charge on any atom is -0.870 e. The molecule has 4 heterocycles. The molecular formula is C38H38Cl2N4O7. The van der Waals surface area contributed by atoms with Gasteiger partial charge in [0.15, 0.2) is 23.9 Å². The normalized spacial score (nSPS) is 18.1. The number of ether oxygens (including phenoxy) is 4. The zero-order chi connectivity index (χ0) is 35.2. The van der Waals surface area contributed by atoms with Crippen LogP contribution in [0.4, 0.5) is 10.5 Å². The number of hydrogen-bond acceptors (Lipinski definition) is 9. The van der Waals surface area contributed by atoms with Gasteiger partial charge >= 0.3 is 12.1 Å². The molecular weight excluding hydrogens is 695 g/mol. The molecule has 2 N–H and O–H groups in total. The van der Waals surface area contributed by atoms with E-state index in [0.29, 0.717) is 61.9 Å². The Hall–Kier alpha value is -4.86. The maximum atomic E-state index is 13.7. The summed E-state index contributed by atoms with van der Waals surface area (Å²) in [5, 5.41) is 10.6. The molecule has 0 saturated carbocycles. The Kier molecular flexibility index (Phi) is 12.4. The number of carbonyl (C=O) groups excluding carboxylic acids is 2. The fourth-order valence-electron chi connectivity index (χ4n) is 6.55. The summed E-state index contributed by atoms with van der Waals surface area (Å²) in [5.74, 6) is 0.766. The molecule has 11 nitrogen and oxygen atoms in total. The first-order chi connectivity index (χ1) is 24.3. The van der Waals surface area contributed by atoms with Crippen LogP contribution in [-0.4, -0.2) is 62.4 Å². The molecule has 266 valence electrons. The van der Waals surface area contributed by atoms with E-state index in [-0.39, 0.29) is 24.5 Å². The van der Waals surface area contributed by atoms with Crippen LogP contribution >= 0.6 is 23.2 Å². The van der Waals surface area contributed by atoms with Crippen molar-refractivity contribution in [3.05, 3.63) is 117 Å². The number of nitriles is 1. The molecule has 3 fully saturated rings. The number of anilines is 1. The van der Waals surface area contributed by atoms with Crippen molar-refractivity contribution in [1.82, 2.24) is 4.90 Å². The Balaban J connectivity index is 0.00000504. The molecule has 0 radical (unpaired) electrons. The van der Waals surface area contributed by atoms with Crippen LogP contribution in [0.2, 0.25) is 10.0 Å². The number of nitrogens with one attached hydrogen (secondary N) is 1. The smallest absolute Gasteiger partial charge is 0.414 e. The van der Waals surface area contributed by atoms with E-state index in [2.05, 4.69) is 16.0 Å². The minimum atomic E-state index is -0.779. The number of hydrogen-bond donors (Lipinski definition) is 0. The lowest BCUT2D eigenvalue weighted by molar-refractivity contribution is -0.377. The number of methoxy groups -OCH3 is 2. The number of carbonyl (C=O) groups is 2. The average molecular weight is 734 g/mol. The van der Waals surface area contributed by atoms with Crippen LogP contribution < -0.4 is 19.4 Å². The number of amides is 1. The molecule has 2 atom stereocenters. The fraction of sp³-hybridized carbons (Fsp3) is 0.316. The Morgan fingerprint density at radius 1 is 0.980 bits per heavy atom. The molecule has 13 heteroatoms. The summed E-state index contributed by atoms with van der Waals surface area (Å²) >= 11 is 13.0. The maximum absolute atomic E-state index is 13.7. The second-order valence-electron chi connectivity index (χ2n) is 12.3. The molecule has 1 amide bonds. The molecule has 3 aliphatic rings. The van der Waals surface area contributed by atoms with Gasteiger partial charge < -0.3 is 24.4 Å². The summed E-state index contributed by atoms with van der Waals surface area (Å²) in [4.78, 5) is 34.1. The number of aromatic amines is 1. The van der Waals surface area contributed by atoms with Crippen molar-refractivity contribution < 1.29 is 39.0 Å². The number of rotatable bonds is 11. The highest BCUT2D eigenvalue weighted by atomic mass is 35.5. The van der Waals surface area contributed by atoms with Crippen molar-refractivity contribution in [2.45, 2.75) is 38.0 Å². The lowest BCUT2D eigenvalue weighted by Crippen LogP contribution is -2.53. The van der Waals surface area contributed by atoms with E-state index in [1.807, 2.05) is 0 Å². The summed E-state index contributed by atoms with van der Waals surface area (Å²) < 4.78 is 23.1. The van der Waals surface area contributed by atoms with Crippen molar-refractivity contribution in [2.24, 2.45) is 5.92 Å². The van der Waals surface area contributed by atoms with Crippen LogP contribution in [0.3, 0.4) is 0 Å². The van der Waals surface area contributed by atoms with Crippen molar-refractivity contribution in [3.8, 4) is 17.6 Å². The number of halogens is 2. The molecule has 3 aromatic carbocycles. The lowest BCUT2D eigenvalue weighted by atomic mass is 9.86. The van der Waals surface area contributed by atoms with Gasteiger partial charge in [0.05, 0.1) is 37.6 Å². The van der Waals surface area contributed by atoms with E-state index < -0.39 is 18.2 Å².